The van der Waals surface area contributed by atoms with E-state index in [1.54, 1.807) is 0 Å². The summed E-state index contributed by atoms with van der Waals surface area (Å²) in [6.07, 6.45) is 5.11. The van der Waals surface area contributed by atoms with Crippen LogP contribution in [0.5, 0.6) is 0 Å². The van der Waals surface area contributed by atoms with Crippen LogP contribution in [0.2, 0.25) is 0 Å². The van der Waals surface area contributed by atoms with Gasteiger partial charge in [0.15, 0.2) is 0 Å². The van der Waals surface area contributed by atoms with Gasteiger partial charge in [-0.3, -0.25) is 9.59 Å². The average molecular weight is 260 g/mol. The number of carboxylic acid groups (broad SMARTS) is 1. The molecule has 0 spiro atoms. The molecule has 0 bridgehead atoms. The van der Waals surface area contributed by atoms with Crippen molar-refractivity contribution < 1.29 is 14.7 Å². The van der Waals surface area contributed by atoms with E-state index in [9.17, 15) is 9.59 Å². The Morgan fingerprint density at radius 1 is 1.11 bits per heavy atom. The zero-order valence-corrected chi connectivity index (χ0v) is 11.0. The van der Waals surface area contributed by atoms with Crippen molar-refractivity contribution in [3.05, 3.63) is 35.9 Å². The zero-order valence-electron chi connectivity index (χ0n) is 11.0. The summed E-state index contributed by atoms with van der Waals surface area (Å²) in [5.74, 6) is -1.22. The van der Waals surface area contributed by atoms with Crippen molar-refractivity contribution in [2.45, 2.75) is 44.4 Å². The monoisotopic (exact) mass is 260 g/mol. The number of carbonyl (C=O) groups is 2. The van der Waals surface area contributed by atoms with Crippen LogP contribution in [0.15, 0.2) is 30.3 Å². The van der Waals surface area contributed by atoms with Gasteiger partial charge in [-0.2, -0.15) is 0 Å². The SMILES string of the molecule is O=C(O)CC(C(=O)C1CCCCC1)c1ccccc1. The fraction of sp³-hybridized carbons (Fsp3) is 0.500. The van der Waals surface area contributed by atoms with Crippen LogP contribution >= 0.6 is 0 Å². The molecule has 0 saturated heterocycles. The summed E-state index contributed by atoms with van der Waals surface area (Å²) in [6, 6.07) is 9.31. The zero-order chi connectivity index (χ0) is 13.7. The highest BCUT2D eigenvalue weighted by Crippen LogP contribution is 2.31. The lowest BCUT2D eigenvalue weighted by atomic mass is 9.78. The van der Waals surface area contributed by atoms with Gasteiger partial charge in [0.2, 0.25) is 0 Å². The minimum atomic E-state index is -0.905. The Hall–Kier alpha value is -1.64. The predicted octanol–water partition coefficient (Wildman–Crippen LogP) is 3.39. The highest BCUT2D eigenvalue weighted by atomic mass is 16.4. The summed E-state index contributed by atoms with van der Waals surface area (Å²) >= 11 is 0. The number of rotatable bonds is 5. The minimum Gasteiger partial charge on any atom is -0.481 e. The smallest absolute Gasteiger partial charge is 0.304 e. The molecule has 1 aliphatic rings. The standard InChI is InChI=1S/C16H20O3/c17-15(18)11-14(12-7-3-1-4-8-12)16(19)13-9-5-2-6-10-13/h1,3-4,7-8,13-14H,2,5-6,9-11H2,(H,17,18). The Bertz CT molecular complexity index is 433. The third kappa shape index (κ3) is 3.66. The quantitative estimate of drug-likeness (QED) is 0.882. The molecule has 1 atom stereocenters. The van der Waals surface area contributed by atoms with Crippen molar-refractivity contribution in [1.82, 2.24) is 0 Å². The van der Waals surface area contributed by atoms with E-state index in [0.717, 1.165) is 31.2 Å². The number of hydrogen-bond acceptors (Lipinski definition) is 2. The van der Waals surface area contributed by atoms with Crippen LogP contribution in [0, 0.1) is 5.92 Å². The molecule has 0 aliphatic heterocycles. The number of aliphatic carboxylic acids is 1. The molecule has 0 heterocycles. The summed E-state index contributed by atoms with van der Waals surface area (Å²) in [6.45, 7) is 0. The summed E-state index contributed by atoms with van der Waals surface area (Å²) in [5.41, 5.74) is 0.834. The second-order valence-electron chi connectivity index (χ2n) is 5.30. The summed E-state index contributed by atoms with van der Waals surface area (Å²) in [7, 11) is 0. The largest absolute Gasteiger partial charge is 0.481 e. The topological polar surface area (TPSA) is 54.4 Å². The molecule has 19 heavy (non-hydrogen) atoms. The lowest BCUT2D eigenvalue weighted by Crippen LogP contribution is -2.26. The maximum atomic E-state index is 12.6. The van der Waals surface area contributed by atoms with Gasteiger partial charge in [-0.05, 0) is 18.4 Å². The van der Waals surface area contributed by atoms with Gasteiger partial charge in [0.1, 0.15) is 5.78 Å². The number of carbonyl (C=O) groups excluding carboxylic acids is 1. The first-order valence-electron chi connectivity index (χ1n) is 6.99. The maximum Gasteiger partial charge on any atom is 0.304 e. The van der Waals surface area contributed by atoms with E-state index >= 15 is 0 Å². The Morgan fingerprint density at radius 3 is 2.32 bits per heavy atom. The van der Waals surface area contributed by atoms with Crippen molar-refractivity contribution in [2.75, 3.05) is 0 Å². The van der Waals surface area contributed by atoms with Gasteiger partial charge in [0.05, 0.1) is 12.3 Å². The highest BCUT2D eigenvalue weighted by molar-refractivity contribution is 5.91. The number of hydrogen-bond donors (Lipinski definition) is 1. The normalized spacial score (nSPS) is 17.9. The second-order valence-corrected chi connectivity index (χ2v) is 5.30. The van der Waals surface area contributed by atoms with E-state index in [1.807, 2.05) is 30.3 Å². The van der Waals surface area contributed by atoms with Crippen LogP contribution in [0.1, 0.15) is 50.0 Å². The molecule has 0 aromatic heterocycles. The molecule has 2 rings (SSSR count). The molecule has 3 nitrogen and oxygen atoms in total. The van der Waals surface area contributed by atoms with E-state index in [4.69, 9.17) is 5.11 Å². The van der Waals surface area contributed by atoms with Gasteiger partial charge < -0.3 is 5.11 Å². The van der Waals surface area contributed by atoms with Crippen LogP contribution < -0.4 is 0 Å². The lowest BCUT2D eigenvalue weighted by molar-refractivity contribution is -0.140. The predicted molar refractivity (Wildman–Crippen MR) is 73.0 cm³/mol. The van der Waals surface area contributed by atoms with E-state index in [2.05, 4.69) is 0 Å². The minimum absolute atomic E-state index is 0.0540. The average Bonchev–Trinajstić information content (AvgIpc) is 2.46. The summed E-state index contributed by atoms with van der Waals surface area (Å²) in [5, 5.41) is 9.04. The summed E-state index contributed by atoms with van der Waals surface area (Å²) in [4.78, 5) is 23.6. The fourth-order valence-corrected chi connectivity index (χ4v) is 2.91. The van der Waals surface area contributed by atoms with Crippen LogP contribution in [0.25, 0.3) is 0 Å². The molecule has 1 N–H and O–H groups in total. The molecule has 102 valence electrons. The number of Topliss-reactive ketones (excluding diaryl/α,β-unsaturated/α-hetero) is 1. The molecular weight excluding hydrogens is 240 g/mol. The van der Waals surface area contributed by atoms with Crippen LogP contribution in [0.3, 0.4) is 0 Å². The molecule has 0 radical (unpaired) electrons. The fourth-order valence-electron chi connectivity index (χ4n) is 2.91. The number of benzene rings is 1. The molecule has 1 saturated carbocycles. The Kier molecular flexibility index (Phi) is 4.72. The van der Waals surface area contributed by atoms with Gasteiger partial charge >= 0.3 is 5.97 Å². The van der Waals surface area contributed by atoms with Gasteiger partial charge in [0.25, 0.3) is 0 Å². The first kappa shape index (κ1) is 13.8. The van der Waals surface area contributed by atoms with Crippen LogP contribution in [-0.4, -0.2) is 16.9 Å². The van der Waals surface area contributed by atoms with Crippen molar-refractivity contribution in [3.8, 4) is 0 Å². The number of ketones is 1. The molecule has 1 aliphatic carbocycles. The molecule has 0 amide bonds. The Labute approximate surface area is 113 Å². The van der Waals surface area contributed by atoms with Crippen molar-refractivity contribution in [3.63, 3.8) is 0 Å². The first-order valence-corrected chi connectivity index (χ1v) is 6.99. The van der Waals surface area contributed by atoms with E-state index < -0.39 is 11.9 Å². The van der Waals surface area contributed by atoms with Crippen molar-refractivity contribution in [2.24, 2.45) is 5.92 Å². The summed E-state index contributed by atoms with van der Waals surface area (Å²) < 4.78 is 0. The molecule has 1 unspecified atom stereocenters. The van der Waals surface area contributed by atoms with E-state index in [1.165, 1.54) is 6.42 Å². The third-order valence-electron chi connectivity index (χ3n) is 3.93. The van der Waals surface area contributed by atoms with E-state index in [-0.39, 0.29) is 18.1 Å². The highest BCUT2D eigenvalue weighted by Gasteiger charge is 2.30. The van der Waals surface area contributed by atoms with Crippen molar-refractivity contribution in [1.29, 1.82) is 0 Å². The van der Waals surface area contributed by atoms with Crippen molar-refractivity contribution >= 4 is 11.8 Å². The number of carboxylic acids is 1. The van der Waals surface area contributed by atoms with Gasteiger partial charge in [-0.1, -0.05) is 49.6 Å². The molecule has 3 heteroatoms. The first-order chi connectivity index (χ1) is 9.18. The Morgan fingerprint density at radius 2 is 1.74 bits per heavy atom. The van der Waals surface area contributed by atoms with Gasteiger partial charge in [-0.25, -0.2) is 0 Å². The molecule has 1 aromatic carbocycles. The molecule has 1 fully saturated rings. The third-order valence-corrected chi connectivity index (χ3v) is 3.93. The molecule has 1 aromatic rings. The second kappa shape index (κ2) is 6.50. The van der Waals surface area contributed by atoms with Crippen LogP contribution in [-0.2, 0) is 9.59 Å². The molecular formula is C16H20O3. The van der Waals surface area contributed by atoms with Gasteiger partial charge in [0, 0.05) is 5.92 Å². The maximum absolute atomic E-state index is 12.6. The lowest BCUT2D eigenvalue weighted by Gasteiger charge is -2.24. The Balaban J connectivity index is 2.17. The van der Waals surface area contributed by atoms with E-state index in [0.29, 0.717) is 0 Å². The van der Waals surface area contributed by atoms with Gasteiger partial charge in [-0.15, -0.1) is 0 Å². The van der Waals surface area contributed by atoms with Crippen LogP contribution in [0.4, 0.5) is 0 Å².